The summed E-state index contributed by atoms with van der Waals surface area (Å²) in [5.41, 5.74) is 0. The minimum atomic E-state index is 0.747. The van der Waals surface area contributed by atoms with E-state index < -0.39 is 0 Å². The van der Waals surface area contributed by atoms with Crippen molar-refractivity contribution >= 4 is 27.5 Å². The van der Waals surface area contributed by atoms with Crippen LogP contribution < -0.4 is 5.32 Å². The first-order valence-corrected chi connectivity index (χ1v) is 5.75. The normalized spacial score (nSPS) is 10.6. The molecular weight excluding hydrogens is 264 g/mol. The molecule has 74 valence electrons. The van der Waals surface area contributed by atoms with Crippen LogP contribution >= 0.6 is 27.5 Å². The summed E-state index contributed by atoms with van der Waals surface area (Å²) in [6.07, 6.45) is 3.49. The molecule has 14 heavy (non-hydrogen) atoms. The van der Waals surface area contributed by atoms with E-state index in [-0.39, 0.29) is 0 Å². The Morgan fingerprint density at radius 3 is 3.07 bits per heavy atom. The van der Waals surface area contributed by atoms with Gasteiger partial charge in [-0.15, -0.1) is 0 Å². The van der Waals surface area contributed by atoms with Crippen LogP contribution in [0.1, 0.15) is 10.6 Å². The largest absolute Gasteiger partial charge is 0.468 e. The Morgan fingerprint density at radius 1 is 1.50 bits per heavy atom. The number of rotatable bonds is 4. The molecule has 0 aliphatic carbocycles. The van der Waals surface area contributed by atoms with Gasteiger partial charge >= 0.3 is 0 Å². The van der Waals surface area contributed by atoms with Crippen LogP contribution in [-0.2, 0) is 13.1 Å². The fourth-order valence-electron chi connectivity index (χ4n) is 1.08. The third-order valence-corrected chi connectivity index (χ3v) is 3.50. The fraction of sp³-hybridized carbons (Fsp3) is 0.222. The zero-order valence-corrected chi connectivity index (χ0v) is 9.77. The maximum Gasteiger partial charge on any atom is 0.117 e. The molecule has 1 N–H and O–H groups in total. The van der Waals surface area contributed by atoms with Crippen LogP contribution in [0.4, 0.5) is 0 Å². The molecule has 0 unspecified atom stereocenters. The Morgan fingerprint density at radius 2 is 2.43 bits per heavy atom. The van der Waals surface area contributed by atoms with E-state index in [1.165, 1.54) is 16.4 Å². The van der Waals surface area contributed by atoms with Crippen molar-refractivity contribution in [2.45, 2.75) is 13.1 Å². The maximum atomic E-state index is 5.20. The fourth-order valence-corrected chi connectivity index (χ4v) is 2.27. The summed E-state index contributed by atoms with van der Waals surface area (Å²) in [6, 6.07) is 3.84. The molecular formula is C9H9BrN2OS. The lowest BCUT2D eigenvalue weighted by Gasteiger charge is -1.99. The lowest BCUT2D eigenvalue weighted by Crippen LogP contribution is -2.11. The van der Waals surface area contributed by atoms with Crippen molar-refractivity contribution in [1.29, 1.82) is 0 Å². The summed E-state index contributed by atoms with van der Waals surface area (Å²) in [7, 11) is 0. The number of nitrogens with zero attached hydrogens (tertiary/aromatic N) is 1. The highest BCUT2D eigenvalue weighted by molar-refractivity contribution is 9.10. The topological polar surface area (TPSA) is 38.1 Å². The summed E-state index contributed by atoms with van der Waals surface area (Å²) >= 11 is 4.93. The third-order valence-electron chi connectivity index (χ3n) is 1.76. The quantitative estimate of drug-likeness (QED) is 0.930. The van der Waals surface area contributed by atoms with Gasteiger partial charge in [0.1, 0.15) is 5.76 Å². The molecule has 5 heteroatoms. The number of furan rings is 1. The first kappa shape index (κ1) is 9.89. The van der Waals surface area contributed by atoms with Crippen molar-refractivity contribution in [1.82, 2.24) is 9.69 Å². The third kappa shape index (κ3) is 2.43. The average Bonchev–Trinajstić information content (AvgIpc) is 2.78. The van der Waals surface area contributed by atoms with Gasteiger partial charge in [0.2, 0.25) is 0 Å². The smallest absolute Gasteiger partial charge is 0.117 e. The minimum Gasteiger partial charge on any atom is -0.468 e. The summed E-state index contributed by atoms with van der Waals surface area (Å²) in [6.45, 7) is 1.56. The second-order valence-electron chi connectivity index (χ2n) is 2.78. The molecule has 0 aromatic carbocycles. The van der Waals surface area contributed by atoms with Gasteiger partial charge in [-0.05, 0) is 39.6 Å². The van der Waals surface area contributed by atoms with Crippen LogP contribution in [-0.4, -0.2) is 4.37 Å². The Bertz CT molecular complexity index is 385. The average molecular weight is 273 g/mol. The van der Waals surface area contributed by atoms with E-state index in [2.05, 4.69) is 25.6 Å². The molecule has 0 aliphatic heterocycles. The van der Waals surface area contributed by atoms with Crippen LogP contribution in [0.25, 0.3) is 0 Å². The van der Waals surface area contributed by atoms with Crippen molar-refractivity contribution in [3.05, 3.63) is 39.7 Å². The van der Waals surface area contributed by atoms with Crippen molar-refractivity contribution in [3.63, 3.8) is 0 Å². The summed E-state index contributed by atoms with van der Waals surface area (Å²) < 4.78 is 10.3. The van der Waals surface area contributed by atoms with Gasteiger partial charge in [0.15, 0.2) is 0 Å². The second kappa shape index (κ2) is 4.72. The van der Waals surface area contributed by atoms with E-state index in [9.17, 15) is 0 Å². The Kier molecular flexibility index (Phi) is 3.34. The molecule has 0 bridgehead atoms. The van der Waals surface area contributed by atoms with E-state index >= 15 is 0 Å². The number of nitrogens with one attached hydrogen (secondary N) is 1. The lowest BCUT2D eigenvalue weighted by atomic mass is 10.4. The molecule has 0 radical (unpaired) electrons. The standard InChI is InChI=1S/C9H9BrN2OS/c10-8-5-12-14-9(8)6-11-4-7-2-1-3-13-7/h1-3,5,11H,4,6H2. The zero-order valence-electron chi connectivity index (χ0n) is 7.37. The number of halogens is 1. The summed E-state index contributed by atoms with van der Waals surface area (Å²) in [5.74, 6) is 0.950. The van der Waals surface area contributed by atoms with Crippen LogP contribution in [0.5, 0.6) is 0 Å². The van der Waals surface area contributed by atoms with Gasteiger partial charge in [0.25, 0.3) is 0 Å². The van der Waals surface area contributed by atoms with Crippen LogP contribution in [0, 0.1) is 0 Å². The molecule has 3 nitrogen and oxygen atoms in total. The van der Waals surface area contributed by atoms with E-state index in [1.807, 2.05) is 18.3 Å². The predicted molar refractivity (Wildman–Crippen MR) is 59.1 cm³/mol. The molecule has 2 aromatic heterocycles. The van der Waals surface area contributed by atoms with Gasteiger partial charge in [-0.1, -0.05) is 0 Å². The first-order valence-electron chi connectivity index (χ1n) is 4.18. The molecule has 0 atom stereocenters. The zero-order chi connectivity index (χ0) is 9.80. The van der Waals surface area contributed by atoms with E-state index in [0.29, 0.717) is 0 Å². The van der Waals surface area contributed by atoms with Crippen molar-refractivity contribution < 1.29 is 4.42 Å². The Balaban J connectivity index is 1.81. The van der Waals surface area contributed by atoms with E-state index in [1.54, 1.807) is 6.26 Å². The molecule has 2 rings (SSSR count). The van der Waals surface area contributed by atoms with Crippen molar-refractivity contribution in [2.24, 2.45) is 0 Å². The van der Waals surface area contributed by atoms with Crippen molar-refractivity contribution in [2.75, 3.05) is 0 Å². The van der Waals surface area contributed by atoms with Crippen LogP contribution in [0.2, 0.25) is 0 Å². The second-order valence-corrected chi connectivity index (χ2v) is 4.52. The molecule has 0 fully saturated rings. The van der Waals surface area contributed by atoms with Crippen molar-refractivity contribution in [3.8, 4) is 0 Å². The van der Waals surface area contributed by atoms with Gasteiger partial charge in [0, 0.05) is 6.54 Å². The molecule has 0 spiro atoms. The molecule has 0 aliphatic rings. The van der Waals surface area contributed by atoms with Crippen LogP contribution in [0.15, 0.2) is 33.5 Å². The summed E-state index contributed by atoms with van der Waals surface area (Å²) in [4.78, 5) is 1.21. The minimum absolute atomic E-state index is 0.747. The van der Waals surface area contributed by atoms with Crippen LogP contribution in [0.3, 0.4) is 0 Å². The Hall–Kier alpha value is -0.650. The molecule has 0 saturated heterocycles. The monoisotopic (exact) mass is 272 g/mol. The highest BCUT2D eigenvalue weighted by Crippen LogP contribution is 2.19. The Labute approximate surface area is 94.4 Å². The molecule has 0 saturated carbocycles. The van der Waals surface area contributed by atoms with Gasteiger partial charge < -0.3 is 9.73 Å². The summed E-state index contributed by atoms with van der Waals surface area (Å²) in [5, 5.41) is 3.28. The number of hydrogen-bond acceptors (Lipinski definition) is 4. The van der Waals surface area contributed by atoms with E-state index in [0.717, 1.165) is 23.3 Å². The molecule has 0 amide bonds. The molecule has 2 heterocycles. The number of aromatic nitrogens is 1. The lowest BCUT2D eigenvalue weighted by molar-refractivity contribution is 0.483. The van der Waals surface area contributed by atoms with Gasteiger partial charge in [-0.2, -0.15) is 4.37 Å². The van der Waals surface area contributed by atoms with Gasteiger partial charge in [-0.25, -0.2) is 0 Å². The molecule has 2 aromatic rings. The van der Waals surface area contributed by atoms with Gasteiger partial charge in [0.05, 0.1) is 28.4 Å². The maximum absolute atomic E-state index is 5.20. The van der Waals surface area contributed by atoms with E-state index in [4.69, 9.17) is 4.42 Å². The SMILES string of the molecule is Brc1cnsc1CNCc1ccco1. The predicted octanol–water partition coefficient (Wildman–Crippen LogP) is 2.79. The highest BCUT2D eigenvalue weighted by Gasteiger charge is 2.02. The number of hydrogen-bond donors (Lipinski definition) is 1. The first-order chi connectivity index (χ1) is 6.86. The highest BCUT2D eigenvalue weighted by atomic mass is 79.9. The van der Waals surface area contributed by atoms with Gasteiger partial charge in [-0.3, -0.25) is 0 Å².